The Morgan fingerprint density at radius 2 is 2.00 bits per heavy atom. The lowest BCUT2D eigenvalue weighted by Crippen LogP contribution is -2.37. The molecule has 3 rings (SSSR count). The fraction of sp³-hybridized carbons (Fsp3) is 0.706. The minimum Gasteiger partial charge on any atom is -0.367 e. The lowest BCUT2D eigenvalue weighted by molar-refractivity contribution is 0.417. The van der Waals surface area contributed by atoms with E-state index in [1.165, 1.54) is 56.2 Å². The Morgan fingerprint density at radius 3 is 2.70 bits per heavy atom. The van der Waals surface area contributed by atoms with E-state index in [-0.39, 0.29) is 0 Å². The number of anilines is 1. The largest absolute Gasteiger partial charge is 0.367 e. The van der Waals surface area contributed by atoms with E-state index in [2.05, 4.69) is 34.4 Å². The van der Waals surface area contributed by atoms with Crippen molar-refractivity contribution in [3.63, 3.8) is 0 Å². The Labute approximate surface area is 122 Å². The zero-order valence-electron chi connectivity index (χ0n) is 12.6. The van der Waals surface area contributed by atoms with Gasteiger partial charge in [-0.3, -0.25) is 4.98 Å². The van der Waals surface area contributed by atoms with E-state index in [9.17, 15) is 0 Å². The van der Waals surface area contributed by atoms with Gasteiger partial charge in [0.15, 0.2) is 0 Å². The van der Waals surface area contributed by atoms with Crippen LogP contribution in [0.15, 0.2) is 18.5 Å². The molecule has 0 aliphatic heterocycles. The third kappa shape index (κ3) is 3.32. The Hall–Kier alpha value is -1.09. The molecule has 0 spiro atoms. The lowest BCUT2D eigenvalue weighted by Gasteiger charge is -2.36. The van der Waals surface area contributed by atoms with Gasteiger partial charge in [0.2, 0.25) is 0 Å². The summed E-state index contributed by atoms with van der Waals surface area (Å²) in [6, 6.07) is 3.68. The minimum atomic E-state index is 0.720. The topological polar surface area (TPSA) is 28.2 Å². The number of hydrogen-bond donors (Lipinski definition) is 1. The SMILES string of the molecule is CCN(c1cnccc1CNC1CC1)C1CCCCC1. The van der Waals surface area contributed by atoms with Gasteiger partial charge < -0.3 is 10.2 Å². The summed E-state index contributed by atoms with van der Waals surface area (Å²) in [6.07, 6.45) is 13.6. The van der Waals surface area contributed by atoms with Gasteiger partial charge >= 0.3 is 0 Å². The summed E-state index contributed by atoms with van der Waals surface area (Å²) in [7, 11) is 0. The summed E-state index contributed by atoms with van der Waals surface area (Å²) in [5, 5.41) is 3.64. The van der Waals surface area contributed by atoms with E-state index in [1.54, 1.807) is 0 Å². The first-order chi connectivity index (χ1) is 9.88. The molecule has 1 aromatic rings. The number of rotatable bonds is 6. The van der Waals surface area contributed by atoms with Crippen molar-refractivity contribution in [2.75, 3.05) is 11.4 Å². The summed E-state index contributed by atoms with van der Waals surface area (Å²) in [6.45, 7) is 4.36. The molecule has 1 aromatic heterocycles. The third-order valence-corrected chi connectivity index (χ3v) is 4.71. The summed E-state index contributed by atoms with van der Waals surface area (Å²) in [4.78, 5) is 6.98. The summed E-state index contributed by atoms with van der Waals surface area (Å²) in [5.41, 5.74) is 2.77. The molecule has 0 radical (unpaired) electrons. The van der Waals surface area contributed by atoms with Crippen LogP contribution in [0.1, 0.15) is 57.4 Å². The van der Waals surface area contributed by atoms with E-state index in [4.69, 9.17) is 0 Å². The van der Waals surface area contributed by atoms with E-state index in [0.717, 1.165) is 25.2 Å². The van der Waals surface area contributed by atoms with Crippen LogP contribution in [0.3, 0.4) is 0 Å². The molecule has 2 aliphatic rings. The number of aromatic nitrogens is 1. The van der Waals surface area contributed by atoms with E-state index in [0.29, 0.717) is 0 Å². The maximum atomic E-state index is 4.38. The van der Waals surface area contributed by atoms with Crippen molar-refractivity contribution >= 4 is 5.69 Å². The van der Waals surface area contributed by atoms with E-state index in [1.807, 2.05) is 6.20 Å². The van der Waals surface area contributed by atoms with Crippen LogP contribution in [-0.4, -0.2) is 23.6 Å². The van der Waals surface area contributed by atoms with Gasteiger partial charge in [-0.25, -0.2) is 0 Å². The van der Waals surface area contributed by atoms with Crippen LogP contribution in [0.25, 0.3) is 0 Å². The number of hydrogen-bond acceptors (Lipinski definition) is 3. The number of nitrogens with one attached hydrogen (secondary N) is 1. The van der Waals surface area contributed by atoms with Crippen molar-refractivity contribution in [1.29, 1.82) is 0 Å². The molecule has 1 heterocycles. The second kappa shape index (κ2) is 6.57. The normalized spacial score (nSPS) is 20.1. The number of nitrogens with zero attached hydrogens (tertiary/aromatic N) is 2. The van der Waals surface area contributed by atoms with Crippen molar-refractivity contribution < 1.29 is 0 Å². The third-order valence-electron chi connectivity index (χ3n) is 4.71. The second-order valence-electron chi connectivity index (χ2n) is 6.24. The van der Waals surface area contributed by atoms with Crippen molar-refractivity contribution in [2.45, 2.75) is 70.5 Å². The van der Waals surface area contributed by atoms with Crippen LogP contribution in [0.2, 0.25) is 0 Å². The Morgan fingerprint density at radius 1 is 1.20 bits per heavy atom. The van der Waals surface area contributed by atoms with Crippen LogP contribution in [0, 0.1) is 0 Å². The smallest absolute Gasteiger partial charge is 0.0600 e. The maximum absolute atomic E-state index is 4.38. The van der Waals surface area contributed by atoms with Crippen LogP contribution in [-0.2, 0) is 6.54 Å². The van der Waals surface area contributed by atoms with Gasteiger partial charge in [0.1, 0.15) is 0 Å². The maximum Gasteiger partial charge on any atom is 0.0600 e. The summed E-state index contributed by atoms with van der Waals surface area (Å²) in [5.74, 6) is 0. The molecule has 2 fully saturated rings. The second-order valence-corrected chi connectivity index (χ2v) is 6.24. The molecule has 2 saturated carbocycles. The molecule has 0 unspecified atom stereocenters. The Kier molecular flexibility index (Phi) is 4.56. The van der Waals surface area contributed by atoms with Gasteiger partial charge in [-0.2, -0.15) is 0 Å². The molecule has 3 nitrogen and oxygen atoms in total. The van der Waals surface area contributed by atoms with Gasteiger partial charge in [0, 0.05) is 31.4 Å². The zero-order valence-corrected chi connectivity index (χ0v) is 12.6. The Balaban J connectivity index is 1.74. The van der Waals surface area contributed by atoms with E-state index < -0.39 is 0 Å². The molecular weight excluding hydrogens is 246 g/mol. The van der Waals surface area contributed by atoms with Crippen LogP contribution < -0.4 is 10.2 Å². The van der Waals surface area contributed by atoms with Gasteiger partial charge in [-0.15, -0.1) is 0 Å². The predicted octanol–water partition coefficient (Wildman–Crippen LogP) is 3.49. The molecule has 1 N–H and O–H groups in total. The first kappa shape index (κ1) is 13.9. The molecule has 0 amide bonds. The van der Waals surface area contributed by atoms with Crippen molar-refractivity contribution in [1.82, 2.24) is 10.3 Å². The summed E-state index contributed by atoms with van der Waals surface area (Å²) < 4.78 is 0. The molecule has 3 heteroatoms. The van der Waals surface area contributed by atoms with Crippen molar-refractivity contribution in [3.8, 4) is 0 Å². The zero-order chi connectivity index (χ0) is 13.8. The van der Waals surface area contributed by atoms with E-state index >= 15 is 0 Å². The molecule has 20 heavy (non-hydrogen) atoms. The van der Waals surface area contributed by atoms with Gasteiger partial charge in [0.25, 0.3) is 0 Å². The molecule has 0 saturated heterocycles. The lowest BCUT2D eigenvalue weighted by atomic mass is 9.93. The first-order valence-electron chi connectivity index (χ1n) is 8.31. The predicted molar refractivity (Wildman–Crippen MR) is 84.0 cm³/mol. The van der Waals surface area contributed by atoms with Crippen molar-refractivity contribution in [2.24, 2.45) is 0 Å². The van der Waals surface area contributed by atoms with Crippen LogP contribution >= 0.6 is 0 Å². The molecule has 0 atom stereocenters. The van der Waals surface area contributed by atoms with Gasteiger partial charge in [0.05, 0.1) is 11.9 Å². The highest BCUT2D eigenvalue weighted by atomic mass is 15.2. The quantitative estimate of drug-likeness (QED) is 0.860. The van der Waals surface area contributed by atoms with Gasteiger partial charge in [-0.05, 0) is 44.2 Å². The van der Waals surface area contributed by atoms with Crippen LogP contribution in [0.5, 0.6) is 0 Å². The average Bonchev–Trinajstić information content (AvgIpc) is 3.32. The molecule has 0 bridgehead atoms. The summed E-state index contributed by atoms with van der Waals surface area (Å²) >= 11 is 0. The van der Waals surface area contributed by atoms with Gasteiger partial charge in [-0.1, -0.05) is 19.3 Å². The highest BCUT2D eigenvalue weighted by Gasteiger charge is 2.24. The van der Waals surface area contributed by atoms with Crippen molar-refractivity contribution in [3.05, 3.63) is 24.0 Å². The standard InChI is InChI=1S/C17H27N3/c1-2-20(16-6-4-3-5-7-16)17-13-18-11-10-14(17)12-19-15-8-9-15/h10-11,13,15-16,19H,2-9,12H2,1H3. The fourth-order valence-corrected chi connectivity index (χ4v) is 3.38. The molecule has 0 aromatic carbocycles. The molecule has 2 aliphatic carbocycles. The Bertz CT molecular complexity index is 422. The highest BCUT2D eigenvalue weighted by molar-refractivity contribution is 5.52. The average molecular weight is 273 g/mol. The fourth-order valence-electron chi connectivity index (χ4n) is 3.38. The highest BCUT2D eigenvalue weighted by Crippen LogP contribution is 2.29. The molecule has 110 valence electrons. The van der Waals surface area contributed by atoms with Crippen LogP contribution in [0.4, 0.5) is 5.69 Å². The minimum absolute atomic E-state index is 0.720. The molecular formula is C17H27N3. The first-order valence-corrected chi connectivity index (χ1v) is 8.31. The number of pyridine rings is 1. The monoisotopic (exact) mass is 273 g/mol.